The maximum atomic E-state index is 12.2. The van der Waals surface area contributed by atoms with Crippen molar-refractivity contribution in [3.63, 3.8) is 0 Å². The first kappa shape index (κ1) is 18.1. The van der Waals surface area contributed by atoms with Crippen LogP contribution in [0.2, 0.25) is 0 Å². The fourth-order valence-electron chi connectivity index (χ4n) is 2.04. The summed E-state index contributed by atoms with van der Waals surface area (Å²) in [7, 11) is 0. The minimum absolute atomic E-state index is 0.0540. The first-order valence-electron chi connectivity index (χ1n) is 7.33. The van der Waals surface area contributed by atoms with Gasteiger partial charge in [0.05, 0.1) is 6.04 Å². The second-order valence-corrected chi connectivity index (χ2v) is 6.26. The summed E-state index contributed by atoms with van der Waals surface area (Å²) < 4.78 is 0. The molecule has 0 aliphatic heterocycles. The van der Waals surface area contributed by atoms with E-state index in [1.165, 1.54) is 0 Å². The van der Waals surface area contributed by atoms with Crippen LogP contribution in [0.15, 0.2) is 0 Å². The van der Waals surface area contributed by atoms with Crippen molar-refractivity contribution in [1.29, 1.82) is 0 Å². The molecule has 0 radical (unpaired) electrons. The molecule has 2 atom stereocenters. The van der Waals surface area contributed by atoms with Crippen LogP contribution in [0.5, 0.6) is 0 Å². The molecule has 0 bridgehead atoms. The summed E-state index contributed by atoms with van der Waals surface area (Å²) >= 11 is 0. The molecule has 0 aromatic rings. The van der Waals surface area contributed by atoms with E-state index in [2.05, 4.69) is 17.6 Å². The lowest BCUT2D eigenvalue weighted by Crippen LogP contribution is -2.52. The molecule has 0 saturated carbocycles. The standard InChI is InChI=1S/C15H30N2O2/c1-7-9-11(3)16-14(19)13(18)12(10-8-2)17-15(4,5)6/h11-12,17H,7-10H2,1-6H3,(H,16,19). The molecule has 0 aliphatic carbocycles. The summed E-state index contributed by atoms with van der Waals surface area (Å²) in [6.45, 7) is 12.0. The highest BCUT2D eigenvalue weighted by Crippen LogP contribution is 2.07. The van der Waals surface area contributed by atoms with E-state index in [0.717, 1.165) is 19.3 Å². The van der Waals surface area contributed by atoms with E-state index < -0.39 is 5.91 Å². The van der Waals surface area contributed by atoms with Crippen LogP contribution >= 0.6 is 0 Å². The Morgan fingerprint density at radius 1 is 1.05 bits per heavy atom. The SMILES string of the molecule is CCCC(C)NC(=O)C(=O)C(CCC)NC(C)(C)C. The summed E-state index contributed by atoms with van der Waals surface area (Å²) in [5, 5.41) is 6.01. The van der Waals surface area contributed by atoms with Gasteiger partial charge < -0.3 is 10.6 Å². The van der Waals surface area contributed by atoms with Crippen molar-refractivity contribution in [2.45, 2.75) is 84.8 Å². The smallest absolute Gasteiger partial charge is 0.289 e. The van der Waals surface area contributed by atoms with E-state index in [4.69, 9.17) is 0 Å². The lowest BCUT2D eigenvalue weighted by molar-refractivity contribution is -0.139. The number of carbonyl (C=O) groups excluding carboxylic acids is 2. The van der Waals surface area contributed by atoms with Gasteiger partial charge in [-0.15, -0.1) is 0 Å². The molecule has 4 nitrogen and oxygen atoms in total. The Hall–Kier alpha value is -0.900. The van der Waals surface area contributed by atoms with Crippen LogP contribution in [-0.2, 0) is 9.59 Å². The summed E-state index contributed by atoms with van der Waals surface area (Å²) in [5.74, 6) is -0.809. The molecule has 0 aromatic carbocycles. The molecule has 0 fully saturated rings. The van der Waals surface area contributed by atoms with Gasteiger partial charge in [-0.2, -0.15) is 0 Å². The van der Waals surface area contributed by atoms with Crippen LogP contribution in [-0.4, -0.2) is 29.3 Å². The molecular formula is C15H30N2O2. The zero-order chi connectivity index (χ0) is 15.1. The molecule has 0 spiro atoms. The third-order valence-corrected chi connectivity index (χ3v) is 2.82. The van der Waals surface area contributed by atoms with E-state index >= 15 is 0 Å². The zero-order valence-electron chi connectivity index (χ0n) is 13.3. The van der Waals surface area contributed by atoms with E-state index in [9.17, 15) is 9.59 Å². The maximum Gasteiger partial charge on any atom is 0.289 e. The Bertz CT molecular complexity index is 295. The van der Waals surface area contributed by atoms with Crippen molar-refractivity contribution in [2.24, 2.45) is 0 Å². The molecule has 112 valence electrons. The third-order valence-electron chi connectivity index (χ3n) is 2.82. The number of carbonyl (C=O) groups is 2. The van der Waals surface area contributed by atoms with E-state index in [-0.39, 0.29) is 23.4 Å². The summed E-state index contributed by atoms with van der Waals surface area (Å²) in [6.07, 6.45) is 3.45. The Kier molecular flexibility index (Phi) is 7.91. The second-order valence-electron chi connectivity index (χ2n) is 6.26. The molecular weight excluding hydrogens is 240 g/mol. The Morgan fingerprint density at radius 3 is 2.00 bits per heavy atom. The van der Waals surface area contributed by atoms with Gasteiger partial charge in [-0.25, -0.2) is 0 Å². The minimum Gasteiger partial charge on any atom is -0.347 e. The fraction of sp³-hybridized carbons (Fsp3) is 0.867. The van der Waals surface area contributed by atoms with Gasteiger partial charge in [-0.3, -0.25) is 9.59 Å². The van der Waals surface area contributed by atoms with Gasteiger partial charge in [0.2, 0.25) is 5.78 Å². The first-order chi connectivity index (χ1) is 8.71. The molecule has 1 amide bonds. The van der Waals surface area contributed by atoms with Crippen LogP contribution in [0, 0.1) is 0 Å². The highest BCUT2D eigenvalue weighted by molar-refractivity contribution is 6.38. The van der Waals surface area contributed by atoms with Crippen molar-refractivity contribution in [3.8, 4) is 0 Å². The quantitative estimate of drug-likeness (QED) is 0.666. The summed E-state index contributed by atoms with van der Waals surface area (Å²) in [5.41, 5.74) is -0.176. The topological polar surface area (TPSA) is 58.2 Å². The largest absolute Gasteiger partial charge is 0.347 e. The van der Waals surface area contributed by atoms with Gasteiger partial charge in [0, 0.05) is 11.6 Å². The molecule has 0 heterocycles. The highest BCUT2D eigenvalue weighted by atomic mass is 16.2. The number of amides is 1. The fourth-order valence-corrected chi connectivity index (χ4v) is 2.04. The van der Waals surface area contributed by atoms with Gasteiger partial charge >= 0.3 is 0 Å². The van der Waals surface area contributed by atoms with Crippen molar-refractivity contribution in [1.82, 2.24) is 10.6 Å². The number of hydrogen-bond acceptors (Lipinski definition) is 3. The molecule has 2 unspecified atom stereocenters. The number of Topliss-reactive ketones (excluding diaryl/α,β-unsaturated/α-hetero) is 1. The average molecular weight is 270 g/mol. The zero-order valence-corrected chi connectivity index (χ0v) is 13.3. The predicted molar refractivity (Wildman–Crippen MR) is 79.1 cm³/mol. The van der Waals surface area contributed by atoms with Gasteiger partial charge in [-0.1, -0.05) is 26.7 Å². The highest BCUT2D eigenvalue weighted by Gasteiger charge is 2.28. The molecule has 0 aliphatic rings. The summed E-state index contributed by atoms with van der Waals surface area (Å²) in [4.78, 5) is 24.1. The molecule has 2 N–H and O–H groups in total. The van der Waals surface area contributed by atoms with E-state index in [1.54, 1.807) is 0 Å². The predicted octanol–water partition coefficient (Wildman–Crippen LogP) is 2.42. The first-order valence-corrected chi connectivity index (χ1v) is 7.33. The van der Waals surface area contributed by atoms with Crippen LogP contribution < -0.4 is 10.6 Å². The lowest BCUT2D eigenvalue weighted by atomic mass is 10.0. The van der Waals surface area contributed by atoms with Gasteiger partial charge in [0.15, 0.2) is 0 Å². The normalized spacial score (nSPS) is 14.8. The molecule has 0 saturated heterocycles. The Morgan fingerprint density at radius 2 is 1.58 bits per heavy atom. The van der Waals surface area contributed by atoms with Gasteiger partial charge in [0.25, 0.3) is 5.91 Å². The molecule has 0 rings (SSSR count). The Labute approximate surface area is 117 Å². The van der Waals surface area contributed by atoms with Gasteiger partial charge in [-0.05, 0) is 40.5 Å². The maximum absolute atomic E-state index is 12.2. The van der Waals surface area contributed by atoms with Crippen LogP contribution in [0.25, 0.3) is 0 Å². The van der Waals surface area contributed by atoms with Crippen LogP contribution in [0.1, 0.15) is 67.2 Å². The number of ketones is 1. The molecule has 0 aromatic heterocycles. The summed E-state index contributed by atoms with van der Waals surface area (Å²) in [6, 6.07) is -0.336. The number of hydrogen-bond donors (Lipinski definition) is 2. The van der Waals surface area contributed by atoms with E-state index in [0.29, 0.717) is 6.42 Å². The average Bonchev–Trinajstić information content (AvgIpc) is 2.25. The van der Waals surface area contributed by atoms with Gasteiger partial charge in [0.1, 0.15) is 0 Å². The second kappa shape index (κ2) is 8.31. The van der Waals surface area contributed by atoms with Crippen molar-refractivity contribution >= 4 is 11.7 Å². The Balaban J connectivity index is 4.57. The third kappa shape index (κ3) is 7.98. The lowest BCUT2D eigenvalue weighted by Gasteiger charge is -2.27. The number of nitrogens with one attached hydrogen (secondary N) is 2. The van der Waals surface area contributed by atoms with Crippen molar-refractivity contribution in [3.05, 3.63) is 0 Å². The van der Waals surface area contributed by atoms with Crippen LogP contribution in [0.3, 0.4) is 0 Å². The molecule has 4 heteroatoms. The van der Waals surface area contributed by atoms with Crippen molar-refractivity contribution < 1.29 is 9.59 Å². The monoisotopic (exact) mass is 270 g/mol. The number of rotatable bonds is 8. The molecule has 19 heavy (non-hydrogen) atoms. The van der Waals surface area contributed by atoms with Crippen molar-refractivity contribution in [2.75, 3.05) is 0 Å². The van der Waals surface area contributed by atoms with Crippen LogP contribution in [0.4, 0.5) is 0 Å². The van der Waals surface area contributed by atoms with E-state index in [1.807, 2.05) is 34.6 Å². The minimum atomic E-state index is -0.462.